The van der Waals surface area contributed by atoms with Gasteiger partial charge in [0.05, 0.1) is 5.41 Å². The highest BCUT2D eigenvalue weighted by Gasteiger charge is 2.46. The first-order chi connectivity index (χ1) is 21.6. The molecule has 1 aliphatic rings. The SMILES string of the molecule is C#CCOc1ccc2cc(C3(c4ccc5c(CC)c(OCC#C)ccc5c4)c4ccccc4-c4ccccc43)ccc2c1C. The van der Waals surface area contributed by atoms with Crippen LogP contribution in [0.25, 0.3) is 32.7 Å². The van der Waals surface area contributed by atoms with Crippen LogP contribution in [-0.4, -0.2) is 13.2 Å². The molecule has 0 fully saturated rings. The Labute approximate surface area is 259 Å². The Balaban J connectivity index is 1.51. The van der Waals surface area contributed by atoms with Gasteiger partial charge in [-0.3, -0.25) is 0 Å². The molecule has 0 N–H and O–H groups in total. The molecular weight excluding hydrogens is 536 g/mol. The molecule has 2 heteroatoms. The van der Waals surface area contributed by atoms with Crippen molar-refractivity contribution < 1.29 is 9.47 Å². The Hall–Kier alpha value is -5.44. The average Bonchev–Trinajstić information content (AvgIpc) is 3.37. The molecule has 212 valence electrons. The summed E-state index contributed by atoms with van der Waals surface area (Å²) >= 11 is 0. The molecule has 0 spiro atoms. The van der Waals surface area contributed by atoms with Crippen LogP contribution in [0, 0.1) is 31.6 Å². The summed E-state index contributed by atoms with van der Waals surface area (Å²) in [5.41, 5.74) is 9.32. The van der Waals surface area contributed by atoms with Gasteiger partial charge in [0.25, 0.3) is 0 Å². The van der Waals surface area contributed by atoms with Gasteiger partial charge in [-0.25, -0.2) is 0 Å². The van der Waals surface area contributed by atoms with Crippen molar-refractivity contribution in [2.75, 3.05) is 13.2 Å². The number of benzene rings is 6. The smallest absolute Gasteiger partial charge is 0.148 e. The third-order valence-corrected chi connectivity index (χ3v) is 9.12. The van der Waals surface area contributed by atoms with E-state index in [9.17, 15) is 0 Å². The molecular formula is C42H32O2. The van der Waals surface area contributed by atoms with Gasteiger partial charge in [0.15, 0.2) is 0 Å². The molecule has 0 aromatic heterocycles. The maximum Gasteiger partial charge on any atom is 0.148 e. The van der Waals surface area contributed by atoms with E-state index in [4.69, 9.17) is 22.3 Å². The zero-order valence-electron chi connectivity index (χ0n) is 25.0. The summed E-state index contributed by atoms with van der Waals surface area (Å²) in [4.78, 5) is 0. The van der Waals surface area contributed by atoms with Crippen molar-refractivity contribution >= 4 is 21.5 Å². The molecule has 0 unspecified atom stereocenters. The molecule has 6 aromatic carbocycles. The molecule has 0 saturated heterocycles. The van der Waals surface area contributed by atoms with E-state index in [1.54, 1.807) is 0 Å². The summed E-state index contributed by atoms with van der Waals surface area (Å²) in [6, 6.07) is 39.9. The van der Waals surface area contributed by atoms with Crippen LogP contribution in [0.15, 0.2) is 109 Å². The van der Waals surface area contributed by atoms with E-state index in [1.807, 2.05) is 6.07 Å². The minimum atomic E-state index is -0.507. The molecule has 6 aromatic rings. The van der Waals surface area contributed by atoms with Crippen molar-refractivity contribution in [3.8, 4) is 47.3 Å². The average molecular weight is 569 g/mol. The van der Waals surface area contributed by atoms with Crippen molar-refractivity contribution in [1.82, 2.24) is 0 Å². The van der Waals surface area contributed by atoms with Gasteiger partial charge in [-0.1, -0.05) is 104 Å². The molecule has 2 nitrogen and oxygen atoms in total. The van der Waals surface area contributed by atoms with Gasteiger partial charge in [-0.15, -0.1) is 12.8 Å². The second-order valence-electron chi connectivity index (χ2n) is 11.3. The van der Waals surface area contributed by atoms with Gasteiger partial charge in [0, 0.05) is 5.56 Å². The Morgan fingerprint density at radius 1 is 0.614 bits per heavy atom. The summed E-state index contributed by atoms with van der Waals surface area (Å²) < 4.78 is 11.8. The Morgan fingerprint density at radius 3 is 1.73 bits per heavy atom. The standard InChI is InChI=1S/C42H32O2/c1-5-24-43-40-22-16-29-26-31(18-20-34(29)28(40)4)42(38-14-10-8-12-36(38)37-13-9-11-15-39(37)42)32-19-21-35-30(27-32)17-23-41(33(35)7-3)44-25-6-2/h1-2,8-23,26-27H,7,24-25H2,3-4H3. The van der Waals surface area contributed by atoms with Gasteiger partial charge < -0.3 is 9.47 Å². The van der Waals surface area contributed by atoms with Crippen LogP contribution in [-0.2, 0) is 11.8 Å². The monoisotopic (exact) mass is 568 g/mol. The maximum atomic E-state index is 5.92. The predicted molar refractivity (Wildman–Crippen MR) is 182 cm³/mol. The number of fused-ring (bicyclic) bond motifs is 5. The van der Waals surface area contributed by atoms with Crippen LogP contribution >= 0.6 is 0 Å². The molecule has 0 bridgehead atoms. The van der Waals surface area contributed by atoms with Crippen molar-refractivity contribution in [3.63, 3.8) is 0 Å². The lowest BCUT2D eigenvalue weighted by Crippen LogP contribution is -2.28. The largest absolute Gasteiger partial charge is 0.481 e. The quantitative estimate of drug-likeness (QED) is 0.178. The normalized spacial score (nSPS) is 12.7. The molecule has 44 heavy (non-hydrogen) atoms. The van der Waals surface area contributed by atoms with Gasteiger partial charge in [0.1, 0.15) is 24.7 Å². The van der Waals surface area contributed by atoms with Crippen molar-refractivity contribution in [2.45, 2.75) is 25.7 Å². The van der Waals surface area contributed by atoms with E-state index in [0.29, 0.717) is 0 Å². The summed E-state index contributed by atoms with van der Waals surface area (Å²) in [5, 5.41) is 4.69. The molecule has 0 radical (unpaired) electrons. The zero-order chi connectivity index (χ0) is 30.3. The van der Waals surface area contributed by atoms with Crippen molar-refractivity contribution in [3.05, 3.63) is 143 Å². The molecule has 1 aliphatic carbocycles. The fraction of sp³-hybridized carbons (Fsp3) is 0.143. The summed E-state index contributed by atoms with van der Waals surface area (Å²) in [6.45, 7) is 4.77. The molecule has 0 aliphatic heterocycles. The van der Waals surface area contributed by atoms with Crippen LogP contribution in [0.4, 0.5) is 0 Å². The summed E-state index contributed by atoms with van der Waals surface area (Å²) in [7, 11) is 0. The minimum absolute atomic E-state index is 0.250. The van der Waals surface area contributed by atoms with Crippen molar-refractivity contribution in [2.24, 2.45) is 0 Å². The summed E-state index contributed by atoms with van der Waals surface area (Å²) in [6.07, 6.45) is 11.8. The highest BCUT2D eigenvalue weighted by atomic mass is 16.5. The first-order valence-corrected chi connectivity index (χ1v) is 15.0. The number of hydrogen-bond acceptors (Lipinski definition) is 2. The third-order valence-electron chi connectivity index (χ3n) is 9.12. The maximum absolute atomic E-state index is 5.92. The van der Waals surface area contributed by atoms with Gasteiger partial charge >= 0.3 is 0 Å². The fourth-order valence-electron chi connectivity index (χ4n) is 7.22. The Bertz CT molecular complexity index is 2110. The highest BCUT2D eigenvalue weighted by molar-refractivity contribution is 5.94. The number of terminal acetylenes is 2. The lowest BCUT2D eigenvalue weighted by Gasteiger charge is -2.34. The molecule has 0 atom stereocenters. The first kappa shape index (κ1) is 27.4. The van der Waals surface area contributed by atoms with E-state index in [2.05, 4.69) is 129 Å². The lowest BCUT2D eigenvalue weighted by atomic mass is 9.67. The predicted octanol–water partition coefficient (Wildman–Crippen LogP) is 9.25. The van der Waals surface area contributed by atoms with E-state index in [1.165, 1.54) is 55.1 Å². The van der Waals surface area contributed by atoms with E-state index >= 15 is 0 Å². The van der Waals surface area contributed by atoms with Gasteiger partial charge in [-0.05, 0) is 98.1 Å². The van der Waals surface area contributed by atoms with Gasteiger partial charge in [-0.2, -0.15) is 0 Å². The number of ether oxygens (including phenoxy) is 2. The zero-order valence-corrected chi connectivity index (χ0v) is 25.0. The third kappa shape index (κ3) is 4.07. The fourth-order valence-corrected chi connectivity index (χ4v) is 7.22. The second-order valence-corrected chi connectivity index (χ2v) is 11.3. The highest BCUT2D eigenvalue weighted by Crippen LogP contribution is 2.56. The van der Waals surface area contributed by atoms with E-state index in [-0.39, 0.29) is 13.2 Å². The molecule has 0 saturated carbocycles. The summed E-state index contributed by atoms with van der Waals surface area (Å²) in [5.74, 6) is 6.84. The van der Waals surface area contributed by atoms with Crippen molar-refractivity contribution in [1.29, 1.82) is 0 Å². The molecule has 7 rings (SSSR count). The Morgan fingerprint density at radius 2 is 1.14 bits per heavy atom. The Kier molecular flexibility index (Phi) is 6.85. The number of aryl methyl sites for hydroxylation is 2. The second kappa shape index (κ2) is 11.0. The van der Waals surface area contributed by atoms with Crippen LogP contribution in [0.5, 0.6) is 11.5 Å². The van der Waals surface area contributed by atoms with E-state index in [0.717, 1.165) is 28.9 Å². The van der Waals surface area contributed by atoms with Gasteiger partial charge in [0.2, 0.25) is 0 Å². The first-order valence-electron chi connectivity index (χ1n) is 15.0. The van der Waals surface area contributed by atoms with Crippen LogP contribution < -0.4 is 9.47 Å². The molecule has 0 amide bonds. The number of hydrogen-bond donors (Lipinski definition) is 0. The molecule has 0 heterocycles. The van der Waals surface area contributed by atoms with E-state index < -0.39 is 5.41 Å². The van der Waals surface area contributed by atoms with Crippen LogP contribution in [0.2, 0.25) is 0 Å². The lowest BCUT2D eigenvalue weighted by molar-refractivity contribution is 0.367. The topological polar surface area (TPSA) is 18.5 Å². The van der Waals surface area contributed by atoms with Crippen LogP contribution in [0.1, 0.15) is 40.3 Å². The van der Waals surface area contributed by atoms with Crippen LogP contribution in [0.3, 0.4) is 0 Å². The number of rotatable bonds is 7. The minimum Gasteiger partial charge on any atom is -0.481 e.